The van der Waals surface area contributed by atoms with Gasteiger partial charge in [-0.1, -0.05) is 11.6 Å². The predicted molar refractivity (Wildman–Crippen MR) is 67.6 cm³/mol. The number of halogens is 1. The van der Waals surface area contributed by atoms with E-state index < -0.39 is 11.5 Å². The minimum atomic E-state index is -0.844. The molecule has 1 aliphatic rings. The van der Waals surface area contributed by atoms with Gasteiger partial charge in [-0.05, 0) is 18.2 Å². The molecule has 0 aromatic heterocycles. The van der Waals surface area contributed by atoms with E-state index in [-0.39, 0.29) is 6.42 Å². The van der Waals surface area contributed by atoms with Crippen LogP contribution in [0.5, 0.6) is 0 Å². The molecular weight excluding hydrogens is 254 g/mol. The lowest BCUT2D eigenvalue weighted by atomic mass is 9.88. The Bertz CT molecular complexity index is 521. The molecule has 94 valence electrons. The molecule has 18 heavy (non-hydrogen) atoms. The Morgan fingerprint density at radius 2 is 2.33 bits per heavy atom. The average molecular weight is 266 g/mol. The molecule has 1 heterocycles. The van der Waals surface area contributed by atoms with E-state index in [1.54, 1.807) is 18.2 Å². The number of carboxylic acids is 1. The first-order valence-corrected chi connectivity index (χ1v) is 5.83. The number of carboxylic acid groups (broad SMARTS) is 1. The zero-order valence-corrected chi connectivity index (χ0v) is 10.3. The van der Waals surface area contributed by atoms with Gasteiger partial charge >= 0.3 is 5.97 Å². The summed E-state index contributed by atoms with van der Waals surface area (Å²) < 4.78 is 0. The van der Waals surface area contributed by atoms with Gasteiger partial charge in [0.1, 0.15) is 6.07 Å². The molecule has 0 spiro atoms. The fourth-order valence-electron chi connectivity index (χ4n) is 1.96. The minimum absolute atomic E-state index is 0.0393. The normalized spacial score (nSPS) is 16.4. The smallest absolute Gasteiger partial charge is 0.305 e. The number of nitrogens with zero attached hydrogens (tertiary/aromatic N) is 1. The van der Waals surface area contributed by atoms with Gasteiger partial charge in [0.15, 0.2) is 0 Å². The summed E-state index contributed by atoms with van der Waals surface area (Å²) >= 11 is 5.93. The van der Waals surface area contributed by atoms with Crippen molar-refractivity contribution in [1.29, 1.82) is 5.26 Å². The molecule has 1 aliphatic heterocycles. The van der Waals surface area contributed by atoms with E-state index >= 15 is 0 Å². The van der Waals surface area contributed by atoms with Crippen LogP contribution in [0, 0.1) is 11.3 Å². The van der Waals surface area contributed by atoms with Crippen LogP contribution in [0.25, 0.3) is 0 Å². The number of aliphatic carboxylic acids is 1. The molecule has 1 saturated heterocycles. The van der Waals surface area contributed by atoms with Gasteiger partial charge in [-0.25, -0.2) is 0 Å². The molecule has 0 radical (unpaired) electrons. The third kappa shape index (κ3) is 2.55. The number of nitriles is 1. The van der Waals surface area contributed by atoms with Crippen LogP contribution in [-0.2, 0) is 4.79 Å². The second-order valence-electron chi connectivity index (χ2n) is 4.39. The zero-order valence-electron chi connectivity index (χ0n) is 9.53. The summed E-state index contributed by atoms with van der Waals surface area (Å²) in [7, 11) is 0. The fourth-order valence-corrected chi connectivity index (χ4v) is 2.19. The number of carbonyl (C=O) groups is 1. The van der Waals surface area contributed by atoms with E-state index in [1.165, 1.54) is 0 Å². The van der Waals surface area contributed by atoms with Crippen LogP contribution in [0.15, 0.2) is 18.2 Å². The fraction of sp³-hybridized carbons (Fsp3) is 0.333. The van der Waals surface area contributed by atoms with Gasteiger partial charge in [0.05, 0.1) is 22.5 Å². The summed E-state index contributed by atoms with van der Waals surface area (Å²) in [6.45, 7) is 1.19. The molecular formula is C12H12ClN3O2. The van der Waals surface area contributed by atoms with Crippen molar-refractivity contribution in [1.82, 2.24) is 5.32 Å². The van der Waals surface area contributed by atoms with Crippen molar-refractivity contribution in [2.24, 2.45) is 0 Å². The van der Waals surface area contributed by atoms with Crippen LogP contribution in [-0.4, -0.2) is 29.7 Å². The maximum absolute atomic E-state index is 10.8. The minimum Gasteiger partial charge on any atom is -0.481 e. The molecule has 1 fully saturated rings. The van der Waals surface area contributed by atoms with E-state index in [9.17, 15) is 4.79 Å². The first kappa shape index (κ1) is 12.7. The molecule has 3 N–H and O–H groups in total. The molecule has 0 bridgehead atoms. The van der Waals surface area contributed by atoms with Crippen LogP contribution in [0.1, 0.15) is 12.0 Å². The van der Waals surface area contributed by atoms with Crippen molar-refractivity contribution in [3.8, 4) is 6.07 Å². The van der Waals surface area contributed by atoms with E-state index in [0.717, 1.165) is 5.69 Å². The topological polar surface area (TPSA) is 85.2 Å². The summed E-state index contributed by atoms with van der Waals surface area (Å²) in [4.78, 5) is 10.8. The highest BCUT2D eigenvalue weighted by atomic mass is 35.5. The van der Waals surface area contributed by atoms with Gasteiger partial charge in [-0.15, -0.1) is 0 Å². The van der Waals surface area contributed by atoms with Crippen LogP contribution < -0.4 is 10.6 Å². The van der Waals surface area contributed by atoms with Gasteiger partial charge in [0.2, 0.25) is 0 Å². The number of hydrogen-bond acceptors (Lipinski definition) is 4. The SMILES string of the molecule is N#Cc1ccc(NC2(CC(=O)O)CNC2)cc1Cl. The predicted octanol–water partition coefficient (Wildman–Crippen LogP) is 1.44. The Morgan fingerprint density at radius 1 is 1.61 bits per heavy atom. The second-order valence-corrected chi connectivity index (χ2v) is 4.79. The summed E-state index contributed by atoms with van der Waals surface area (Å²) in [6.07, 6.45) is 0.0393. The molecule has 5 nitrogen and oxygen atoms in total. The third-order valence-corrected chi connectivity index (χ3v) is 3.23. The van der Waals surface area contributed by atoms with E-state index in [1.807, 2.05) is 6.07 Å². The summed E-state index contributed by atoms with van der Waals surface area (Å²) in [6, 6.07) is 6.97. The summed E-state index contributed by atoms with van der Waals surface area (Å²) in [5.74, 6) is -0.844. The Morgan fingerprint density at radius 3 is 2.78 bits per heavy atom. The Kier molecular flexibility index (Phi) is 3.41. The second kappa shape index (κ2) is 4.84. The van der Waals surface area contributed by atoms with Crippen LogP contribution in [0.2, 0.25) is 5.02 Å². The number of anilines is 1. The number of benzene rings is 1. The molecule has 2 rings (SSSR count). The quantitative estimate of drug-likeness (QED) is 0.767. The lowest BCUT2D eigenvalue weighted by molar-refractivity contribution is -0.138. The molecule has 0 unspecified atom stereocenters. The maximum Gasteiger partial charge on any atom is 0.305 e. The van der Waals surface area contributed by atoms with Crippen molar-refractivity contribution in [2.45, 2.75) is 12.0 Å². The van der Waals surface area contributed by atoms with Crippen LogP contribution in [0.4, 0.5) is 5.69 Å². The molecule has 1 aromatic carbocycles. The first-order valence-electron chi connectivity index (χ1n) is 5.45. The summed E-state index contributed by atoms with van der Waals surface area (Å²) in [5.41, 5.74) is 0.659. The Hall–Kier alpha value is -1.77. The maximum atomic E-state index is 10.8. The van der Waals surface area contributed by atoms with Crippen molar-refractivity contribution >= 4 is 23.3 Å². The molecule has 6 heteroatoms. The van der Waals surface area contributed by atoms with Crippen molar-refractivity contribution in [2.75, 3.05) is 18.4 Å². The highest BCUT2D eigenvalue weighted by Crippen LogP contribution is 2.26. The molecule has 0 atom stereocenters. The molecule has 0 amide bonds. The van der Waals surface area contributed by atoms with Gasteiger partial charge in [0.25, 0.3) is 0 Å². The monoisotopic (exact) mass is 265 g/mol. The van der Waals surface area contributed by atoms with Gasteiger partial charge < -0.3 is 15.7 Å². The number of nitrogens with one attached hydrogen (secondary N) is 2. The van der Waals surface area contributed by atoms with Crippen LogP contribution >= 0.6 is 11.6 Å². The van der Waals surface area contributed by atoms with E-state index in [0.29, 0.717) is 23.7 Å². The van der Waals surface area contributed by atoms with Crippen molar-refractivity contribution in [3.05, 3.63) is 28.8 Å². The van der Waals surface area contributed by atoms with Crippen molar-refractivity contribution in [3.63, 3.8) is 0 Å². The van der Waals surface area contributed by atoms with Crippen LogP contribution in [0.3, 0.4) is 0 Å². The van der Waals surface area contributed by atoms with E-state index in [2.05, 4.69) is 10.6 Å². The standard InChI is InChI=1S/C12H12ClN3O2/c13-10-3-9(2-1-8(10)5-14)16-12(4-11(17)18)6-15-7-12/h1-3,15-16H,4,6-7H2,(H,17,18). The van der Waals surface area contributed by atoms with Gasteiger partial charge in [-0.3, -0.25) is 4.79 Å². The average Bonchev–Trinajstić information content (AvgIpc) is 2.25. The molecule has 1 aromatic rings. The Labute approximate surface area is 109 Å². The largest absolute Gasteiger partial charge is 0.481 e. The molecule has 0 saturated carbocycles. The lowest BCUT2D eigenvalue weighted by Crippen LogP contribution is -2.65. The number of rotatable bonds is 4. The van der Waals surface area contributed by atoms with Gasteiger partial charge in [-0.2, -0.15) is 5.26 Å². The highest BCUT2D eigenvalue weighted by molar-refractivity contribution is 6.32. The van der Waals surface area contributed by atoms with Gasteiger partial charge in [0, 0.05) is 18.8 Å². The third-order valence-electron chi connectivity index (χ3n) is 2.92. The van der Waals surface area contributed by atoms with Crippen molar-refractivity contribution < 1.29 is 9.90 Å². The highest BCUT2D eigenvalue weighted by Gasteiger charge is 2.39. The first-order chi connectivity index (χ1) is 8.54. The number of hydrogen-bond donors (Lipinski definition) is 3. The lowest BCUT2D eigenvalue weighted by Gasteiger charge is -2.43. The zero-order chi connectivity index (χ0) is 13.2. The summed E-state index contributed by atoms with van der Waals surface area (Å²) in [5, 5.41) is 24.3. The molecule has 0 aliphatic carbocycles. The Balaban J connectivity index is 2.15. The van der Waals surface area contributed by atoms with E-state index in [4.69, 9.17) is 22.0 Å².